The van der Waals surface area contributed by atoms with E-state index < -0.39 is 5.97 Å². The molecule has 0 aliphatic carbocycles. The minimum absolute atomic E-state index is 0.182. The molecule has 0 atom stereocenters. The Bertz CT molecular complexity index is 1090. The highest BCUT2D eigenvalue weighted by Crippen LogP contribution is 2.37. The van der Waals surface area contributed by atoms with Gasteiger partial charge >= 0.3 is 5.97 Å². The van der Waals surface area contributed by atoms with Gasteiger partial charge in [-0.05, 0) is 76.7 Å². The second-order valence-electron chi connectivity index (χ2n) is 7.33. The van der Waals surface area contributed by atoms with E-state index in [9.17, 15) is 15.0 Å². The quantitative estimate of drug-likeness (QED) is 0.303. The van der Waals surface area contributed by atoms with Crippen LogP contribution in [0, 0.1) is 0 Å². The molecule has 3 N–H and O–H groups in total. The van der Waals surface area contributed by atoms with E-state index in [1.165, 1.54) is 6.08 Å². The third kappa shape index (κ3) is 5.38. The van der Waals surface area contributed by atoms with E-state index in [1.54, 1.807) is 31.4 Å². The van der Waals surface area contributed by atoms with E-state index in [4.69, 9.17) is 9.84 Å². The van der Waals surface area contributed by atoms with Crippen molar-refractivity contribution in [1.82, 2.24) is 0 Å². The van der Waals surface area contributed by atoms with Gasteiger partial charge in [0.2, 0.25) is 0 Å². The van der Waals surface area contributed by atoms with Crippen LogP contribution in [0.25, 0.3) is 17.2 Å². The van der Waals surface area contributed by atoms with Gasteiger partial charge in [0.25, 0.3) is 0 Å². The molecular weight excluding hydrogens is 404 g/mol. The molecule has 0 aliphatic heterocycles. The second kappa shape index (κ2) is 10.4. The highest BCUT2D eigenvalue weighted by Gasteiger charge is 2.15. The van der Waals surface area contributed by atoms with Crippen molar-refractivity contribution in [3.63, 3.8) is 0 Å². The number of carboxylic acids is 1. The van der Waals surface area contributed by atoms with Crippen molar-refractivity contribution >= 4 is 23.2 Å². The van der Waals surface area contributed by atoms with Crippen molar-refractivity contribution in [3.05, 3.63) is 95.1 Å². The van der Waals surface area contributed by atoms with Crippen LogP contribution in [0.2, 0.25) is 0 Å². The summed E-state index contributed by atoms with van der Waals surface area (Å²) in [6, 6.07) is 19.8. The van der Waals surface area contributed by atoms with Crippen molar-refractivity contribution in [1.29, 1.82) is 0 Å². The smallest absolute Gasteiger partial charge is 0.328 e. The molecule has 0 fully saturated rings. The number of carboxylic acid groups (broad SMARTS) is 1. The molecule has 0 spiro atoms. The fourth-order valence-corrected chi connectivity index (χ4v) is 3.65. The van der Waals surface area contributed by atoms with Crippen LogP contribution in [-0.4, -0.2) is 28.4 Å². The van der Waals surface area contributed by atoms with E-state index in [2.05, 4.69) is 6.92 Å². The van der Waals surface area contributed by atoms with Crippen molar-refractivity contribution in [2.75, 3.05) is 7.11 Å². The van der Waals surface area contributed by atoms with Gasteiger partial charge in [0.05, 0.1) is 7.11 Å². The summed E-state index contributed by atoms with van der Waals surface area (Å²) < 4.78 is 5.41. The van der Waals surface area contributed by atoms with E-state index in [0.717, 1.165) is 46.8 Å². The molecule has 0 aliphatic rings. The first-order valence-electron chi connectivity index (χ1n) is 10.3. The molecule has 3 aromatic rings. The molecule has 5 nitrogen and oxygen atoms in total. The first-order chi connectivity index (χ1) is 15.4. The zero-order chi connectivity index (χ0) is 23.1. The van der Waals surface area contributed by atoms with Gasteiger partial charge in [0.1, 0.15) is 17.2 Å². The van der Waals surface area contributed by atoms with Crippen LogP contribution in [0.4, 0.5) is 0 Å². The predicted molar refractivity (Wildman–Crippen MR) is 127 cm³/mol. The number of methoxy groups -OCH3 is 1. The molecule has 0 heterocycles. The Balaban J connectivity index is 2.29. The monoisotopic (exact) mass is 430 g/mol. The Morgan fingerprint density at radius 2 is 1.41 bits per heavy atom. The molecule has 0 saturated heterocycles. The van der Waals surface area contributed by atoms with Crippen LogP contribution in [-0.2, 0) is 4.79 Å². The summed E-state index contributed by atoms with van der Waals surface area (Å²) in [4.78, 5) is 11.0. The van der Waals surface area contributed by atoms with E-state index in [-0.39, 0.29) is 11.5 Å². The van der Waals surface area contributed by atoms with Crippen molar-refractivity contribution in [2.24, 2.45) is 0 Å². The van der Waals surface area contributed by atoms with E-state index in [0.29, 0.717) is 11.3 Å². The van der Waals surface area contributed by atoms with E-state index in [1.807, 2.05) is 42.5 Å². The minimum atomic E-state index is -1.03. The average molecular weight is 431 g/mol. The summed E-state index contributed by atoms with van der Waals surface area (Å²) in [7, 11) is 1.55. The fourth-order valence-electron chi connectivity index (χ4n) is 3.65. The number of aromatic hydroxyl groups is 2. The Hall–Kier alpha value is -3.99. The standard InChI is InChI=1S/C27H26O5/c1-3-4-24(20-9-15-25(32-2)21(17-20)10-16-26(30)31)27(18-5-11-22(28)12-6-18)19-7-13-23(29)14-8-19/h5-17,28-29H,3-4H2,1-2H3,(H,30,31). The molecule has 5 heteroatoms. The van der Waals surface area contributed by atoms with Gasteiger partial charge in [-0.2, -0.15) is 0 Å². The second-order valence-corrected chi connectivity index (χ2v) is 7.33. The number of phenolic OH excluding ortho intramolecular Hbond substituents is 2. The summed E-state index contributed by atoms with van der Waals surface area (Å²) in [5.41, 5.74) is 5.50. The first kappa shape index (κ1) is 22.7. The number of aliphatic carboxylic acids is 1. The lowest BCUT2D eigenvalue weighted by atomic mass is 9.86. The number of phenols is 2. The maximum atomic E-state index is 11.0. The predicted octanol–water partition coefficient (Wildman–Crippen LogP) is 5.96. The highest BCUT2D eigenvalue weighted by molar-refractivity contribution is 5.99. The van der Waals surface area contributed by atoms with Crippen molar-refractivity contribution in [3.8, 4) is 17.2 Å². The molecule has 3 aromatic carbocycles. The van der Waals surface area contributed by atoms with Gasteiger partial charge in [-0.3, -0.25) is 0 Å². The number of carbonyl (C=O) groups is 1. The van der Waals surface area contributed by atoms with Gasteiger partial charge in [-0.25, -0.2) is 4.79 Å². The van der Waals surface area contributed by atoms with Crippen LogP contribution < -0.4 is 4.74 Å². The SMILES string of the molecule is CCCC(=C(c1ccc(O)cc1)c1ccc(O)cc1)c1ccc(OC)c(C=CC(=O)O)c1. The van der Waals surface area contributed by atoms with Crippen LogP contribution in [0.15, 0.2) is 72.8 Å². The van der Waals surface area contributed by atoms with Gasteiger partial charge in [0.15, 0.2) is 0 Å². The summed E-state index contributed by atoms with van der Waals surface area (Å²) in [5, 5.41) is 28.6. The lowest BCUT2D eigenvalue weighted by Gasteiger charge is -2.18. The summed E-state index contributed by atoms with van der Waals surface area (Å²) in [5.74, 6) is -0.0867. The maximum Gasteiger partial charge on any atom is 0.328 e. The highest BCUT2D eigenvalue weighted by atomic mass is 16.5. The molecule has 3 rings (SSSR count). The molecule has 164 valence electrons. The van der Waals surface area contributed by atoms with Crippen LogP contribution in [0.1, 0.15) is 42.0 Å². The third-order valence-corrected chi connectivity index (χ3v) is 5.10. The fraction of sp³-hybridized carbons (Fsp3) is 0.148. The zero-order valence-electron chi connectivity index (χ0n) is 18.1. The maximum absolute atomic E-state index is 11.0. The van der Waals surface area contributed by atoms with Gasteiger partial charge in [0, 0.05) is 11.6 Å². The Labute approximate surface area is 187 Å². The molecule has 0 bridgehead atoms. The Morgan fingerprint density at radius 3 is 1.88 bits per heavy atom. The van der Waals surface area contributed by atoms with Crippen LogP contribution in [0.3, 0.4) is 0 Å². The number of benzene rings is 3. The Kier molecular flexibility index (Phi) is 7.34. The van der Waals surface area contributed by atoms with Gasteiger partial charge in [-0.1, -0.05) is 43.7 Å². The number of hydrogen-bond acceptors (Lipinski definition) is 4. The molecule has 0 radical (unpaired) electrons. The summed E-state index contributed by atoms with van der Waals surface area (Å²) >= 11 is 0. The average Bonchev–Trinajstić information content (AvgIpc) is 2.79. The number of hydrogen-bond donors (Lipinski definition) is 3. The first-order valence-corrected chi connectivity index (χ1v) is 10.3. The lowest BCUT2D eigenvalue weighted by molar-refractivity contribution is -0.131. The molecule has 0 unspecified atom stereocenters. The van der Waals surface area contributed by atoms with Gasteiger partial charge in [-0.15, -0.1) is 0 Å². The zero-order valence-corrected chi connectivity index (χ0v) is 18.1. The Morgan fingerprint density at radius 1 is 0.875 bits per heavy atom. The van der Waals surface area contributed by atoms with Gasteiger partial charge < -0.3 is 20.1 Å². The normalized spacial score (nSPS) is 10.8. The van der Waals surface area contributed by atoms with Crippen molar-refractivity contribution < 1.29 is 24.9 Å². The van der Waals surface area contributed by atoms with Crippen molar-refractivity contribution in [2.45, 2.75) is 19.8 Å². The number of allylic oxidation sites excluding steroid dienone is 1. The minimum Gasteiger partial charge on any atom is -0.508 e. The van der Waals surface area contributed by atoms with Crippen LogP contribution >= 0.6 is 0 Å². The summed E-state index contributed by atoms with van der Waals surface area (Å²) in [6.45, 7) is 2.10. The topological polar surface area (TPSA) is 87.0 Å². The molecule has 0 amide bonds. The number of rotatable bonds is 8. The van der Waals surface area contributed by atoms with Crippen LogP contribution in [0.5, 0.6) is 17.2 Å². The lowest BCUT2D eigenvalue weighted by Crippen LogP contribution is -1.97. The third-order valence-electron chi connectivity index (χ3n) is 5.10. The summed E-state index contributed by atoms with van der Waals surface area (Å²) in [6.07, 6.45) is 4.27. The molecule has 32 heavy (non-hydrogen) atoms. The van der Waals surface area contributed by atoms with E-state index >= 15 is 0 Å². The molecule has 0 aromatic heterocycles. The largest absolute Gasteiger partial charge is 0.508 e. The number of ether oxygens (including phenoxy) is 1. The molecule has 0 saturated carbocycles. The molecular formula is C27H26O5.